The van der Waals surface area contributed by atoms with Gasteiger partial charge in [-0.3, -0.25) is 10.1 Å². The van der Waals surface area contributed by atoms with Crippen LogP contribution in [-0.2, 0) is 0 Å². The van der Waals surface area contributed by atoms with Gasteiger partial charge in [0, 0.05) is 31.2 Å². The molecule has 0 spiro atoms. The number of nitro benzene ring substituents is 1. The molecular formula is C16H17ClN2O3. The number of aliphatic hydroxyl groups excluding tert-OH is 1. The van der Waals surface area contributed by atoms with Crippen LogP contribution in [0.25, 0.3) is 0 Å². The third-order valence-electron chi connectivity index (χ3n) is 3.45. The molecule has 6 heteroatoms. The number of nitrogens with zero attached hydrogens (tertiary/aromatic N) is 1. The minimum absolute atomic E-state index is 0.0366. The molecule has 0 radical (unpaired) electrons. The first-order valence-electron chi connectivity index (χ1n) is 6.95. The van der Waals surface area contributed by atoms with Crippen molar-refractivity contribution < 1.29 is 10.0 Å². The monoisotopic (exact) mass is 320 g/mol. The summed E-state index contributed by atoms with van der Waals surface area (Å²) in [4.78, 5) is 10.2. The predicted molar refractivity (Wildman–Crippen MR) is 87.5 cm³/mol. The zero-order valence-corrected chi connectivity index (χ0v) is 12.7. The summed E-state index contributed by atoms with van der Waals surface area (Å²) in [5, 5.41) is 23.4. The zero-order chi connectivity index (χ0) is 15.9. The highest BCUT2D eigenvalue weighted by Crippen LogP contribution is 2.28. The lowest BCUT2D eigenvalue weighted by molar-refractivity contribution is -0.384. The maximum Gasteiger partial charge on any atom is 0.271 e. The number of halogens is 1. The fourth-order valence-corrected chi connectivity index (χ4v) is 2.50. The van der Waals surface area contributed by atoms with Gasteiger partial charge in [-0.2, -0.15) is 0 Å². The molecule has 0 fully saturated rings. The molecule has 0 amide bonds. The first-order chi connectivity index (χ1) is 10.6. The normalized spacial score (nSPS) is 11.9. The number of hydrogen-bond acceptors (Lipinski definition) is 4. The lowest BCUT2D eigenvalue weighted by Gasteiger charge is -2.18. The van der Waals surface area contributed by atoms with E-state index in [2.05, 4.69) is 5.32 Å². The van der Waals surface area contributed by atoms with Crippen LogP contribution in [0.1, 0.15) is 17.9 Å². The molecule has 0 aromatic heterocycles. The maximum atomic E-state index is 10.7. The fourth-order valence-electron chi connectivity index (χ4n) is 2.26. The molecule has 116 valence electrons. The van der Waals surface area contributed by atoms with Gasteiger partial charge in [0.2, 0.25) is 0 Å². The van der Waals surface area contributed by atoms with E-state index in [1.165, 1.54) is 12.1 Å². The van der Waals surface area contributed by atoms with Crippen molar-refractivity contribution in [3.63, 3.8) is 0 Å². The molecule has 0 heterocycles. The molecule has 0 saturated carbocycles. The lowest BCUT2D eigenvalue weighted by atomic mass is 9.96. The molecule has 0 bridgehead atoms. The largest absolute Gasteiger partial charge is 0.396 e. The minimum atomic E-state index is -0.478. The second-order valence-corrected chi connectivity index (χ2v) is 5.33. The molecular weight excluding hydrogens is 304 g/mol. The number of anilines is 1. The van der Waals surface area contributed by atoms with Gasteiger partial charge in [0.15, 0.2) is 0 Å². The van der Waals surface area contributed by atoms with E-state index in [4.69, 9.17) is 11.6 Å². The van der Waals surface area contributed by atoms with Crippen LogP contribution < -0.4 is 5.32 Å². The molecule has 0 aliphatic heterocycles. The van der Waals surface area contributed by atoms with E-state index in [-0.39, 0.29) is 18.2 Å². The topological polar surface area (TPSA) is 75.4 Å². The van der Waals surface area contributed by atoms with Crippen LogP contribution in [0, 0.1) is 10.1 Å². The molecule has 22 heavy (non-hydrogen) atoms. The van der Waals surface area contributed by atoms with E-state index >= 15 is 0 Å². The van der Waals surface area contributed by atoms with E-state index in [1.54, 1.807) is 6.07 Å². The van der Waals surface area contributed by atoms with Crippen molar-refractivity contribution in [3.8, 4) is 0 Å². The Kier molecular flexibility index (Phi) is 5.75. The molecule has 0 aliphatic carbocycles. The van der Waals surface area contributed by atoms with Gasteiger partial charge >= 0.3 is 0 Å². The van der Waals surface area contributed by atoms with Crippen LogP contribution in [0.5, 0.6) is 0 Å². The summed E-state index contributed by atoms with van der Waals surface area (Å²) in [7, 11) is 0. The van der Waals surface area contributed by atoms with E-state index in [9.17, 15) is 15.2 Å². The average molecular weight is 321 g/mol. The number of benzene rings is 2. The molecule has 1 unspecified atom stereocenters. The maximum absolute atomic E-state index is 10.7. The summed E-state index contributed by atoms with van der Waals surface area (Å²) in [6.45, 7) is 0.678. The SMILES string of the molecule is O=[N+]([O-])c1ccc(NCC(CCO)c2ccccc2)c(Cl)c1. The quantitative estimate of drug-likeness (QED) is 0.600. The van der Waals surface area contributed by atoms with Gasteiger partial charge < -0.3 is 10.4 Å². The van der Waals surface area contributed by atoms with Crippen LogP contribution in [0.2, 0.25) is 5.02 Å². The van der Waals surface area contributed by atoms with Gasteiger partial charge in [-0.05, 0) is 18.1 Å². The molecule has 5 nitrogen and oxygen atoms in total. The summed E-state index contributed by atoms with van der Waals surface area (Å²) in [5.41, 5.74) is 1.73. The van der Waals surface area contributed by atoms with Gasteiger partial charge in [0.1, 0.15) is 0 Å². The van der Waals surface area contributed by atoms with Crippen molar-refractivity contribution in [2.24, 2.45) is 0 Å². The third kappa shape index (κ3) is 4.19. The Hall–Kier alpha value is -2.11. The van der Waals surface area contributed by atoms with Crippen molar-refractivity contribution >= 4 is 23.0 Å². The zero-order valence-electron chi connectivity index (χ0n) is 11.9. The Balaban J connectivity index is 2.08. The van der Waals surface area contributed by atoms with Gasteiger partial charge in [0.05, 0.1) is 15.6 Å². The van der Waals surface area contributed by atoms with Crippen molar-refractivity contribution in [2.45, 2.75) is 12.3 Å². The van der Waals surface area contributed by atoms with Crippen LogP contribution in [0.4, 0.5) is 11.4 Å². The molecule has 0 saturated heterocycles. The first kappa shape index (κ1) is 16.3. The highest BCUT2D eigenvalue weighted by atomic mass is 35.5. The van der Waals surface area contributed by atoms with Crippen molar-refractivity contribution in [2.75, 3.05) is 18.5 Å². The number of rotatable bonds is 7. The van der Waals surface area contributed by atoms with Gasteiger partial charge in [0.25, 0.3) is 5.69 Å². The lowest BCUT2D eigenvalue weighted by Crippen LogP contribution is -2.14. The highest BCUT2D eigenvalue weighted by Gasteiger charge is 2.13. The Labute approximate surface area is 133 Å². The molecule has 1 atom stereocenters. The predicted octanol–water partition coefficient (Wildman–Crippen LogP) is 3.83. The highest BCUT2D eigenvalue weighted by molar-refractivity contribution is 6.33. The first-order valence-corrected chi connectivity index (χ1v) is 7.33. The number of aliphatic hydroxyl groups is 1. The van der Waals surface area contributed by atoms with Crippen LogP contribution in [0.15, 0.2) is 48.5 Å². The van der Waals surface area contributed by atoms with Crippen molar-refractivity contribution in [1.29, 1.82) is 0 Å². The van der Waals surface area contributed by atoms with E-state index in [0.717, 1.165) is 5.56 Å². The Morgan fingerprint density at radius 1 is 1.23 bits per heavy atom. The second-order valence-electron chi connectivity index (χ2n) is 4.92. The number of nitrogens with one attached hydrogen (secondary N) is 1. The smallest absolute Gasteiger partial charge is 0.271 e. The summed E-state index contributed by atoms with van der Waals surface area (Å²) in [6.07, 6.45) is 0.627. The van der Waals surface area contributed by atoms with Gasteiger partial charge in [-0.25, -0.2) is 0 Å². The van der Waals surface area contributed by atoms with Gasteiger partial charge in [-0.15, -0.1) is 0 Å². The van der Waals surface area contributed by atoms with Crippen molar-refractivity contribution in [3.05, 3.63) is 69.2 Å². The molecule has 2 aromatic rings. The Morgan fingerprint density at radius 2 is 1.95 bits per heavy atom. The summed E-state index contributed by atoms with van der Waals surface area (Å²) in [5.74, 6) is 0.137. The molecule has 0 aliphatic rings. The second kappa shape index (κ2) is 7.77. The number of nitro groups is 1. The van der Waals surface area contributed by atoms with E-state index < -0.39 is 4.92 Å². The summed E-state index contributed by atoms with van der Waals surface area (Å²) >= 11 is 6.06. The third-order valence-corrected chi connectivity index (χ3v) is 3.76. The Morgan fingerprint density at radius 3 is 2.55 bits per heavy atom. The number of non-ortho nitro benzene ring substituents is 1. The standard InChI is InChI=1S/C16H17ClN2O3/c17-15-10-14(19(21)22)6-7-16(15)18-11-13(8-9-20)12-4-2-1-3-5-12/h1-7,10,13,18,20H,8-9,11H2. The Bertz CT molecular complexity index is 635. The van der Waals surface area contributed by atoms with Crippen LogP contribution >= 0.6 is 11.6 Å². The van der Waals surface area contributed by atoms with Crippen molar-refractivity contribution in [1.82, 2.24) is 0 Å². The summed E-state index contributed by atoms with van der Waals surface area (Å²) in [6, 6.07) is 14.2. The molecule has 2 N–H and O–H groups in total. The van der Waals surface area contributed by atoms with E-state index in [0.29, 0.717) is 23.7 Å². The van der Waals surface area contributed by atoms with E-state index in [1.807, 2.05) is 30.3 Å². The average Bonchev–Trinajstić information content (AvgIpc) is 2.53. The molecule has 2 aromatic carbocycles. The van der Waals surface area contributed by atoms with Crippen LogP contribution in [0.3, 0.4) is 0 Å². The minimum Gasteiger partial charge on any atom is -0.396 e. The number of hydrogen-bond donors (Lipinski definition) is 2. The summed E-state index contributed by atoms with van der Waals surface area (Å²) < 4.78 is 0. The fraction of sp³-hybridized carbons (Fsp3) is 0.250. The van der Waals surface area contributed by atoms with Crippen LogP contribution in [-0.4, -0.2) is 23.2 Å². The molecule has 2 rings (SSSR count). The van der Waals surface area contributed by atoms with Gasteiger partial charge in [-0.1, -0.05) is 41.9 Å².